The Morgan fingerprint density at radius 1 is 1.18 bits per heavy atom. The SMILES string of the molecule is COc1cc(C2NC(C(=O)O)C(C)(C)S2)cc(OC)c1OC. The maximum absolute atomic E-state index is 11.4. The number of hydrogen-bond acceptors (Lipinski definition) is 6. The molecule has 1 aliphatic rings. The van der Waals surface area contributed by atoms with E-state index in [0.29, 0.717) is 17.2 Å². The molecule has 0 saturated carbocycles. The summed E-state index contributed by atoms with van der Waals surface area (Å²) >= 11 is 1.57. The fraction of sp³-hybridized carbons (Fsp3) is 0.533. The molecule has 0 amide bonds. The number of carboxylic acid groups (broad SMARTS) is 1. The van der Waals surface area contributed by atoms with Gasteiger partial charge >= 0.3 is 5.97 Å². The van der Waals surface area contributed by atoms with Crippen LogP contribution in [0.2, 0.25) is 0 Å². The molecule has 0 aromatic heterocycles. The molecule has 0 spiro atoms. The third-order valence-corrected chi connectivity index (χ3v) is 5.16. The van der Waals surface area contributed by atoms with Gasteiger partial charge in [0.1, 0.15) is 6.04 Å². The monoisotopic (exact) mass is 327 g/mol. The lowest BCUT2D eigenvalue weighted by atomic mass is 10.0. The first-order valence-corrected chi connectivity index (χ1v) is 7.68. The number of methoxy groups -OCH3 is 3. The Balaban J connectivity index is 2.40. The van der Waals surface area contributed by atoms with Crippen molar-refractivity contribution in [2.24, 2.45) is 0 Å². The Morgan fingerprint density at radius 3 is 2.09 bits per heavy atom. The van der Waals surface area contributed by atoms with Crippen molar-refractivity contribution in [2.75, 3.05) is 21.3 Å². The van der Waals surface area contributed by atoms with E-state index in [2.05, 4.69) is 5.32 Å². The van der Waals surface area contributed by atoms with Crippen LogP contribution in [0.3, 0.4) is 0 Å². The highest BCUT2D eigenvalue weighted by Crippen LogP contribution is 2.48. The van der Waals surface area contributed by atoms with Crippen molar-refractivity contribution in [2.45, 2.75) is 30.0 Å². The van der Waals surface area contributed by atoms with E-state index in [0.717, 1.165) is 5.56 Å². The first kappa shape index (κ1) is 16.8. The lowest BCUT2D eigenvalue weighted by Gasteiger charge is -2.20. The highest BCUT2D eigenvalue weighted by molar-refractivity contribution is 8.01. The number of aliphatic carboxylic acids is 1. The van der Waals surface area contributed by atoms with Crippen molar-refractivity contribution in [1.29, 1.82) is 0 Å². The van der Waals surface area contributed by atoms with Gasteiger partial charge in [-0.15, -0.1) is 11.8 Å². The molecule has 2 unspecified atom stereocenters. The van der Waals surface area contributed by atoms with Gasteiger partial charge < -0.3 is 19.3 Å². The standard InChI is InChI=1S/C15H21NO5S/c1-15(2)12(14(17)18)16-13(22-15)8-6-9(19-3)11(21-5)10(7-8)20-4/h6-7,12-13,16H,1-5H3,(H,17,18). The van der Waals surface area contributed by atoms with Crippen molar-refractivity contribution in [3.8, 4) is 17.2 Å². The molecule has 1 saturated heterocycles. The fourth-order valence-corrected chi connectivity index (χ4v) is 3.93. The summed E-state index contributed by atoms with van der Waals surface area (Å²) in [6, 6.07) is 3.06. The molecular weight excluding hydrogens is 306 g/mol. The Bertz CT molecular complexity index is 550. The Labute approximate surface area is 134 Å². The largest absolute Gasteiger partial charge is 0.493 e. The van der Waals surface area contributed by atoms with Gasteiger partial charge in [0.15, 0.2) is 11.5 Å². The molecule has 7 heteroatoms. The number of carbonyl (C=O) groups is 1. The zero-order chi connectivity index (χ0) is 16.5. The average Bonchev–Trinajstić information content (AvgIpc) is 2.81. The molecule has 0 aliphatic carbocycles. The second kappa shape index (κ2) is 6.26. The lowest BCUT2D eigenvalue weighted by molar-refractivity contribution is -0.139. The molecule has 2 N–H and O–H groups in total. The Morgan fingerprint density at radius 2 is 1.73 bits per heavy atom. The van der Waals surface area contributed by atoms with Crippen LogP contribution in [0.15, 0.2) is 12.1 Å². The second-order valence-corrected chi connectivity index (χ2v) is 7.26. The number of nitrogens with one attached hydrogen (secondary N) is 1. The molecule has 22 heavy (non-hydrogen) atoms. The van der Waals surface area contributed by atoms with E-state index in [1.54, 1.807) is 33.1 Å². The molecule has 0 radical (unpaired) electrons. The molecule has 2 atom stereocenters. The summed E-state index contributed by atoms with van der Waals surface area (Å²) in [6.07, 6.45) is 0. The van der Waals surface area contributed by atoms with Crippen LogP contribution in [0.1, 0.15) is 24.8 Å². The van der Waals surface area contributed by atoms with Gasteiger partial charge in [-0.1, -0.05) is 0 Å². The van der Waals surface area contributed by atoms with Crippen molar-refractivity contribution < 1.29 is 24.1 Å². The maximum atomic E-state index is 11.4. The van der Waals surface area contributed by atoms with Crippen LogP contribution in [-0.2, 0) is 4.79 Å². The summed E-state index contributed by atoms with van der Waals surface area (Å²) < 4.78 is 15.6. The van der Waals surface area contributed by atoms with Gasteiger partial charge in [-0.05, 0) is 31.5 Å². The van der Waals surface area contributed by atoms with Gasteiger partial charge in [-0.2, -0.15) is 0 Å². The van der Waals surface area contributed by atoms with Gasteiger partial charge in [0.05, 0.1) is 26.7 Å². The average molecular weight is 327 g/mol. The minimum absolute atomic E-state index is 0.162. The first-order chi connectivity index (χ1) is 10.3. The maximum Gasteiger partial charge on any atom is 0.322 e. The van der Waals surface area contributed by atoms with Gasteiger partial charge in [0, 0.05) is 4.75 Å². The van der Waals surface area contributed by atoms with E-state index >= 15 is 0 Å². The number of carboxylic acids is 1. The molecule has 2 rings (SSSR count). The number of benzene rings is 1. The van der Waals surface area contributed by atoms with Crippen LogP contribution >= 0.6 is 11.8 Å². The lowest BCUT2D eigenvalue weighted by Crippen LogP contribution is -2.43. The summed E-state index contributed by atoms with van der Waals surface area (Å²) in [5.41, 5.74) is 0.885. The summed E-state index contributed by atoms with van der Waals surface area (Å²) in [7, 11) is 4.66. The third kappa shape index (κ3) is 2.96. The Kier molecular flexibility index (Phi) is 4.77. The fourth-order valence-electron chi connectivity index (χ4n) is 2.54. The van der Waals surface area contributed by atoms with E-state index in [-0.39, 0.29) is 5.37 Å². The van der Waals surface area contributed by atoms with Crippen molar-refractivity contribution >= 4 is 17.7 Å². The molecule has 122 valence electrons. The van der Waals surface area contributed by atoms with Crippen LogP contribution in [0.5, 0.6) is 17.2 Å². The number of ether oxygens (including phenoxy) is 3. The van der Waals surface area contributed by atoms with Gasteiger partial charge in [0.2, 0.25) is 5.75 Å². The van der Waals surface area contributed by atoms with Crippen molar-refractivity contribution in [3.05, 3.63) is 17.7 Å². The molecule has 6 nitrogen and oxygen atoms in total. The van der Waals surface area contributed by atoms with E-state index in [4.69, 9.17) is 14.2 Å². The zero-order valence-corrected chi connectivity index (χ0v) is 14.1. The number of rotatable bonds is 5. The molecule has 1 fully saturated rings. The molecule has 1 aromatic carbocycles. The molecular formula is C15H21NO5S. The predicted molar refractivity (Wildman–Crippen MR) is 85.1 cm³/mol. The van der Waals surface area contributed by atoms with E-state index in [9.17, 15) is 9.90 Å². The smallest absolute Gasteiger partial charge is 0.322 e. The van der Waals surface area contributed by atoms with Gasteiger partial charge in [-0.3, -0.25) is 10.1 Å². The number of thioether (sulfide) groups is 1. The number of hydrogen-bond donors (Lipinski definition) is 2. The Hall–Kier alpha value is -1.60. The highest BCUT2D eigenvalue weighted by atomic mass is 32.2. The predicted octanol–water partition coefficient (Wildman–Crippen LogP) is 2.28. The second-order valence-electron chi connectivity index (χ2n) is 5.50. The zero-order valence-electron chi connectivity index (χ0n) is 13.3. The summed E-state index contributed by atoms with van der Waals surface area (Å²) in [5, 5.41) is 12.3. The van der Waals surface area contributed by atoms with E-state index < -0.39 is 16.8 Å². The summed E-state index contributed by atoms with van der Waals surface area (Å²) in [5.74, 6) is 0.768. The summed E-state index contributed by atoms with van der Waals surface area (Å²) in [6.45, 7) is 3.84. The quantitative estimate of drug-likeness (QED) is 0.859. The highest BCUT2D eigenvalue weighted by Gasteiger charge is 2.45. The molecule has 1 aliphatic heterocycles. The minimum atomic E-state index is -0.854. The molecule has 1 heterocycles. The van der Waals surface area contributed by atoms with Crippen LogP contribution in [0.4, 0.5) is 0 Å². The molecule has 0 bridgehead atoms. The first-order valence-electron chi connectivity index (χ1n) is 6.80. The van der Waals surface area contributed by atoms with Gasteiger partial charge in [-0.25, -0.2) is 0 Å². The normalized spacial score (nSPS) is 23.1. The third-order valence-electron chi connectivity index (χ3n) is 3.67. The van der Waals surface area contributed by atoms with Crippen LogP contribution in [-0.4, -0.2) is 43.2 Å². The van der Waals surface area contributed by atoms with E-state index in [1.165, 1.54) is 0 Å². The molecule has 1 aromatic rings. The van der Waals surface area contributed by atoms with Crippen molar-refractivity contribution in [1.82, 2.24) is 5.32 Å². The topological polar surface area (TPSA) is 77.0 Å². The van der Waals surface area contributed by atoms with Crippen molar-refractivity contribution in [3.63, 3.8) is 0 Å². The van der Waals surface area contributed by atoms with Crippen LogP contribution in [0.25, 0.3) is 0 Å². The van der Waals surface area contributed by atoms with E-state index in [1.807, 2.05) is 26.0 Å². The van der Waals surface area contributed by atoms with Gasteiger partial charge in [0.25, 0.3) is 0 Å². The van der Waals surface area contributed by atoms with Crippen LogP contribution < -0.4 is 19.5 Å². The minimum Gasteiger partial charge on any atom is -0.493 e. The van der Waals surface area contributed by atoms with Crippen LogP contribution in [0, 0.1) is 0 Å². The summed E-state index contributed by atoms with van der Waals surface area (Å²) in [4.78, 5) is 11.4.